The van der Waals surface area contributed by atoms with Gasteiger partial charge in [0.1, 0.15) is 5.75 Å². The van der Waals surface area contributed by atoms with Crippen LogP contribution >= 0.6 is 0 Å². The number of hydrogen-bond acceptors (Lipinski definition) is 4. The Morgan fingerprint density at radius 1 is 0.576 bits per heavy atom. The second-order valence-corrected chi connectivity index (χ2v) is 19.7. The first-order valence-electron chi connectivity index (χ1n) is 20.2. The number of imidazole rings is 1. The first-order valence-corrected chi connectivity index (χ1v) is 20.2. The number of nitriles is 1. The van der Waals surface area contributed by atoms with Gasteiger partial charge in [0.05, 0.1) is 28.6 Å². The van der Waals surface area contributed by atoms with Crippen molar-refractivity contribution < 1.29 is 26.2 Å². The molecule has 0 bridgehead atoms. The summed E-state index contributed by atoms with van der Waals surface area (Å²) in [6.07, 6.45) is 0. The first-order chi connectivity index (χ1) is 27.1. The number of rotatable bonds is 5. The van der Waals surface area contributed by atoms with E-state index in [0.29, 0.717) is 39.5 Å². The minimum Gasteiger partial charge on any atom is -0.507 e. The molecule has 59 heavy (non-hydrogen) atoms. The second-order valence-electron chi connectivity index (χ2n) is 19.7. The predicted octanol–water partition coefficient (Wildman–Crippen LogP) is 13.7. The maximum Gasteiger partial charge on any atom is 0.128 e. The zero-order valence-electron chi connectivity index (χ0n) is 36.4. The smallest absolute Gasteiger partial charge is 0.128 e. The van der Waals surface area contributed by atoms with Gasteiger partial charge in [-0.15, -0.1) is 18.2 Å². The molecule has 7 aromatic rings. The number of aromatic nitrogens is 3. The molecule has 5 aromatic carbocycles. The fourth-order valence-corrected chi connectivity index (χ4v) is 7.46. The van der Waals surface area contributed by atoms with Gasteiger partial charge in [-0.3, -0.25) is 9.97 Å². The summed E-state index contributed by atoms with van der Waals surface area (Å²) in [4.78, 5) is 10.5. The summed E-state index contributed by atoms with van der Waals surface area (Å²) < 4.78 is 2.20. The molecule has 0 fully saturated rings. The van der Waals surface area contributed by atoms with E-state index in [2.05, 4.69) is 173 Å². The van der Waals surface area contributed by atoms with E-state index in [1.165, 1.54) is 5.56 Å². The number of aromatic hydroxyl groups is 1. The standard InChI is InChI=1S/C53H55N4O.Pt/c1-50(2,3)37-22-23-46(40(27-37)34-18-14-13-15-19-34)57-47-21-17-16-20-43(47)56-49(57)36-25-33(32-54)24-35(26-36)44-30-39(52(7,8)9)31-45(55-44)41-28-38(51(4,5)6)29-42(48(41)58)53(10,11)12;/h13-25,27-31,58H,1-12H3;/q-1;. The average molecular weight is 959 g/mol. The van der Waals surface area contributed by atoms with Gasteiger partial charge < -0.3 is 9.67 Å². The van der Waals surface area contributed by atoms with Crippen LogP contribution in [0, 0.1) is 17.4 Å². The van der Waals surface area contributed by atoms with E-state index in [-0.39, 0.29) is 48.5 Å². The number of hydrogen-bond donors (Lipinski definition) is 1. The number of nitrogens with zero attached hydrogens (tertiary/aromatic N) is 4. The van der Waals surface area contributed by atoms with Crippen LogP contribution in [0.15, 0.2) is 109 Å². The van der Waals surface area contributed by atoms with Gasteiger partial charge in [0.25, 0.3) is 0 Å². The monoisotopic (exact) mass is 958 g/mol. The Hall–Kier alpha value is -5.30. The summed E-state index contributed by atoms with van der Waals surface area (Å²) in [6.45, 7) is 26.2. The van der Waals surface area contributed by atoms with E-state index < -0.39 is 0 Å². The third kappa shape index (κ3) is 8.71. The van der Waals surface area contributed by atoms with Crippen LogP contribution in [0.2, 0.25) is 0 Å². The Labute approximate surface area is 365 Å². The molecule has 0 aliphatic carbocycles. The van der Waals surface area contributed by atoms with E-state index in [1.807, 2.05) is 36.4 Å². The van der Waals surface area contributed by atoms with Crippen molar-refractivity contribution in [3.05, 3.63) is 143 Å². The van der Waals surface area contributed by atoms with Gasteiger partial charge in [0.15, 0.2) is 0 Å². The van der Waals surface area contributed by atoms with E-state index in [0.717, 1.165) is 44.5 Å². The summed E-state index contributed by atoms with van der Waals surface area (Å²) in [5.74, 6) is 0.915. The van der Waals surface area contributed by atoms with Crippen molar-refractivity contribution in [2.45, 2.75) is 105 Å². The molecule has 2 aromatic heterocycles. The van der Waals surface area contributed by atoms with Gasteiger partial charge in [0.2, 0.25) is 0 Å². The van der Waals surface area contributed by atoms with Crippen molar-refractivity contribution in [3.63, 3.8) is 0 Å². The van der Waals surface area contributed by atoms with E-state index >= 15 is 0 Å². The summed E-state index contributed by atoms with van der Waals surface area (Å²) in [5, 5.41) is 22.5. The van der Waals surface area contributed by atoms with Crippen LogP contribution in [0.1, 0.15) is 111 Å². The maximum absolute atomic E-state index is 12.0. The third-order valence-corrected chi connectivity index (χ3v) is 11.0. The number of fused-ring (bicyclic) bond motifs is 1. The minimum absolute atomic E-state index is 0. The van der Waals surface area contributed by atoms with Crippen molar-refractivity contribution in [1.82, 2.24) is 14.5 Å². The number of pyridine rings is 1. The molecule has 0 amide bonds. The number of phenols is 1. The molecular weight excluding hydrogens is 904 g/mol. The molecule has 0 spiro atoms. The third-order valence-electron chi connectivity index (χ3n) is 11.0. The van der Waals surface area contributed by atoms with Gasteiger partial charge >= 0.3 is 0 Å². The summed E-state index contributed by atoms with van der Waals surface area (Å²) in [6, 6.07) is 43.6. The normalized spacial score (nSPS) is 12.3. The fourth-order valence-electron chi connectivity index (χ4n) is 7.46. The quantitative estimate of drug-likeness (QED) is 0.174. The Balaban J connectivity index is 0.00000585. The van der Waals surface area contributed by atoms with Crippen LogP contribution in [0.3, 0.4) is 0 Å². The van der Waals surface area contributed by atoms with E-state index in [9.17, 15) is 10.4 Å². The molecule has 0 saturated carbocycles. The summed E-state index contributed by atoms with van der Waals surface area (Å²) >= 11 is 0. The number of benzene rings is 5. The molecule has 0 aliphatic heterocycles. The van der Waals surface area contributed by atoms with Crippen molar-refractivity contribution in [2.75, 3.05) is 0 Å². The predicted molar refractivity (Wildman–Crippen MR) is 241 cm³/mol. The average Bonchev–Trinajstić information content (AvgIpc) is 3.55. The Morgan fingerprint density at radius 2 is 1.15 bits per heavy atom. The summed E-state index contributed by atoms with van der Waals surface area (Å²) in [5.41, 5.74) is 12.4. The minimum atomic E-state index is -0.298. The summed E-state index contributed by atoms with van der Waals surface area (Å²) in [7, 11) is 0. The molecule has 0 saturated heterocycles. The Morgan fingerprint density at radius 3 is 1.78 bits per heavy atom. The molecule has 5 nitrogen and oxygen atoms in total. The van der Waals surface area contributed by atoms with E-state index in [4.69, 9.17) is 9.97 Å². The Kier molecular flexibility index (Phi) is 11.5. The van der Waals surface area contributed by atoms with Crippen LogP contribution in [-0.2, 0) is 42.7 Å². The SMILES string of the molecule is CC(C)(C)c1cc(-c2[c-]c(-c3nc4ccccc4n3-c3ccc(C(C)(C)C)cc3-c3ccccc3)cc(C#N)c2)nc(-c2cc(C(C)(C)C)cc(C(C)(C)C)c2O)c1.[Pt]. The van der Waals surface area contributed by atoms with Gasteiger partial charge in [0, 0.05) is 49.1 Å². The topological polar surface area (TPSA) is 74.7 Å². The molecule has 1 N–H and O–H groups in total. The largest absolute Gasteiger partial charge is 0.507 e. The molecule has 0 unspecified atom stereocenters. The van der Waals surface area contributed by atoms with Crippen LogP contribution in [0.5, 0.6) is 5.75 Å². The van der Waals surface area contributed by atoms with Crippen molar-refractivity contribution in [1.29, 1.82) is 5.26 Å². The molecule has 7 rings (SSSR count). The van der Waals surface area contributed by atoms with Crippen molar-refractivity contribution >= 4 is 11.0 Å². The number of para-hydroxylation sites is 2. The van der Waals surface area contributed by atoms with E-state index in [1.54, 1.807) is 0 Å². The maximum atomic E-state index is 12.0. The second kappa shape index (κ2) is 15.7. The zero-order valence-corrected chi connectivity index (χ0v) is 38.7. The van der Waals surface area contributed by atoms with Crippen LogP contribution in [0.25, 0.3) is 61.8 Å². The molecule has 0 atom stereocenters. The Bertz CT molecular complexity index is 2730. The first kappa shape index (κ1) is 43.3. The van der Waals surface area contributed by atoms with Gasteiger partial charge in [-0.05, 0) is 85.9 Å². The molecule has 2 heterocycles. The van der Waals surface area contributed by atoms with Gasteiger partial charge in [-0.25, -0.2) is 0 Å². The molecule has 6 heteroatoms. The van der Waals surface area contributed by atoms with Gasteiger partial charge in [-0.1, -0.05) is 155 Å². The van der Waals surface area contributed by atoms with Gasteiger partial charge in [-0.2, -0.15) is 5.26 Å². The zero-order chi connectivity index (χ0) is 41.9. The molecular formula is C53H55N4OPt-. The van der Waals surface area contributed by atoms with Crippen LogP contribution in [-0.4, -0.2) is 19.6 Å². The molecule has 0 radical (unpaired) electrons. The fraction of sp³-hybridized carbons (Fsp3) is 0.302. The van der Waals surface area contributed by atoms with Crippen LogP contribution < -0.4 is 0 Å². The van der Waals surface area contributed by atoms with Crippen LogP contribution in [0.4, 0.5) is 0 Å². The number of phenolic OH excluding ortho intramolecular Hbond substituents is 1. The van der Waals surface area contributed by atoms with Crippen molar-refractivity contribution in [2.24, 2.45) is 0 Å². The van der Waals surface area contributed by atoms with Crippen molar-refractivity contribution in [3.8, 4) is 62.5 Å². The molecule has 304 valence electrons. The molecule has 0 aliphatic rings.